The third-order valence-electron chi connectivity index (χ3n) is 4.18. The predicted octanol–water partition coefficient (Wildman–Crippen LogP) is 3.69. The van der Waals surface area contributed by atoms with Crippen molar-refractivity contribution >= 4 is 17.1 Å². The average Bonchev–Trinajstić information content (AvgIpc) is 3.29. The molecule has 0 fully saturated rings. The van der Waals surface area contributed by atoms with Crippen molar-refractivity contribution in [1.29, 1.82) is 0 Å². The Morgan fingerprint density at radius 1 is 1.11 bits per heavy atom. The van der Waals surface area contributed by atoms with Gasteiger partial charge in [0.2, 0.25) is 5.95 Å². The molecule has 0 radical (unpaired) electrons. The molecule has 1 unspecified atom stereocenters. The molecule has 7 nitrogen and oxygen atoms in total. The van der Waals surface area contributed by atoms with Gasteiger partial charge >= 0.3 is 6.18 Å². The van der Waals surface area contributed by atoms with Gasteiger partial charge in [0.15, 0.2) is 16.9 Å². The zero-order valence-electron chi connectivity index (χ0n) is 14.0. The lowest BCUT2D eigenvalue weighted by atomic mass is 10.1. The lowest BCUT2D eigenvalue weighted by molar-refractivity contribution is -0.137. The normalized spacial score (nSPS) is 13.2. The fourth-order valence-electron chi connectivity index (χ4n) is 2.78. The van der Waals surface area contributed by atoms with Crippen molar-refractivity contribution in [2.75, 3.05) is 5.73 Å². The molecule has 0 aliphatic heterocycles. The van der Waals surface area contributed by atoms with Gasteiger partial charge in [0.25, 0.3) is 0 Å². The maximum atomic E-state index is 12.8. The quantitative estimate of drug-likeness (QED) is 0.588. The maximum Gasteiger partial charge on any atom is 0.416 e. The van der Waals surface area contributed by atoms with Crippen LogP contribution in [0.5, 0.6) is 0 Å². The first-order chi connectivity index (χ1) is 12.8. The lowest BCUT2D eigenvalue weighted by Crippen LogP contribution is -2.11. The van der Waals surface area contributed by atoms with Crippen molar-refractivity contribution in [2.45, 2.75) is 19.1 Å². The summed E-state index contributed by atoms with van der Waals surface area (Å²) in [5.41, 5.74) is 6.86. The monoisotopic (exact) mass is 374 g/mol. The Labute approximate surface area is 150 Å². The summed E-state index contributed by atoms with van der Waals surface area (Å²) in [6.07, 6.45) is -2.89. The molecule has 0 spiro atoms. The van der Waals surface area contributed by atoms with Crippen LogP contribution in [0.15, 0.2) is 47.1 Å². The van der Waals surface area contributed by atoms with E-state index in [1.807, 2.05) is 0 Å². The Bertz CT molecular complexity index is 1090. The second-order valence-corrected chi connectivity index (χ2v) is 5.91. The van der Waals surface area contributed by atoms with E-state index in [9.17, 15) is 13.2 Å². The molecule has 3 heterocycles. The number of alkyl halides is 3. The Morgan fingerprint density at radius 3 is 2.48 bits per heavy atom. The summed E-state index contributed by atoms with van der Waals surface area (Å²) in [5, 5.41) is 8.21. The van der Waals surface area contributed by atoms with Gasteiger partial charge in [-0.15, -0.1) is 5.10 Å². The number of fused-ring (bicyclic) bond motifs is 1. The molecular formula is C17H13F3N6O. The maximum absolute atomic E-state index is 12.8. The third kappa shape index (κ3) is 2.98. The predicted molar refractivity (Wildman–Crippen MR) is 90.5 cm³/mol. The van der Waals surface area contributed by atoms with E-state index < -0.39 is 17.8 Å². The Hall–Kier alpha value is -3.43. The zero-order valence-corrected chi connectivity index (χ0v) is 14.0. The van der Waals surface area contributed by atoms with Crippen LogP contribution in [0.3, 0.4) is 0 Å². The molecule has 27 heavy (non-hydrogen) atoms. The van der Waals surface area contributed by atoms with Crippen molar-refractivity contribution < 1.29 is 17.6 Å². The number of nitrogens with two attached hydrogens (primary N) is 1. The largest absolute Gasteiger partial charge is 0.463 e. The smallest absolute Gasteiger partial charge is 0.416 e. The summed E-state index contributed by atoms with van der Waals surface area (Å²) in [7, 11) is 0. The molecular weight excluding hydrogens is 361 g/mol. The molecule has 0 amide bonds. The number of aromatic nitrogens is 5. The van der Waals surface area contributed by atoms with Gasteiger partial charge in [-0.25, -0.2) is 9.67 Å². The first-order valence-electron chi connectivity index (χ1n) is 7.94. The second-order valence-electron chi connectivity index (χ2n) is 5.91. The molecule has 1 atom stereocenters. The highest BCUT2D eigenvalue weighted by molar-refractivity contribution is 5.86. The number of furan rings is 1. The first-order valence-corrected chi connectivity index (χ1v) is 7.94. The fraction of sp³-hybridized carbons (Fsp3) is 0.176. The van der Waals surface area contributed by atoms with E-state index in [1.165, 1.54) is 23.1 Å². The van der Waals surface area contributed by atoms with Gasteiger partial charge in [-0.05, 0) is 36.8 Å². The Balaban J connectivity index is 1.78. The summed E-state index contributed by atoms with van der Waals surface area (Å²) in [4.78, 5) is 8.35. The van der Waals surface area contributed by atoms with E-state index in [0.717, 1.165) is 12.1 Å². The highest BCUT2D eigenvalue weighted by atomic mass is 19.4. The standard InChI is InChI=1S/C17H13F3N6O/c1-9(10-4-6-11(7-5-10)17(18,19)20)26-15-14(24-25-26)13(22-16(21)23-15)12-3-2-8-27-12/h2-9H,1H3,(H2,21,22,23). The number of benzene rings is 1. The van der Waals surface area contributed by atoms with Crippen LogP contribution in [-0.4, -0.2) is 25.0 Å². The van der Waals surface area contributed by atoms with Gasteiger partial charge in [-0.3, -0.25) is 0 Å². The van der Waals surface area contributed by atoms with Crippen LogP contribution >= 0.6 is 0 Å². The molecule has 4 aromatic rings. The summed E-state index contributed by atoms with van der Waals surface area (Å²) in [6.45, 7) is 1.78. The Morgan fingerprint density at radius 2 is 1.85 bits per heavy atom. The molecule has 4 rings (SSSR count). The van der Waals surface area contributed by atoms with Crippen LogP contribution in [0, 0.1) is 0 Å². The van der Waals surface area contributed by atoms with E-state index >= 15 is 0 Å². The van der Waals surface area contributed by atoms with Crippen molar-refractivity contribution in [3.63, 3.8) is 0 Å². The van der Waals surface area contributed by atoms with Gasteiger partial charge in [-0.2, -0.15) is 18.2 Å². The number of hydrogen-bond donors (Lipinski definition) is 1. The SMILES string of the molecule is CC(c1ccc(C(F)(F)F)cc1)n1nnc2c(-c3ccco3)nc(N)nc21. The minimum Gasteiger partial charge on any atom is -0.463 e. The topological polar surface area (TPSA) is 95.7 Å². The minimum absolute atomic E-state index is 0.0112. The van der Waals surface area contributed by atoms with Crippen LogP contribution in [0.2, 0.25) is 0 Å². The Kier molecular flexibility index (Phi) is 3.83. The number of nitrogen functional groups attached to an aromatic ring is 1. The number of hydrogen-bond acceptors (Lipinski definition) is 6. The van der Waals surface area contributed by atoms with Gasteiger partial charge < -0.3 is 10.2 Å². The summed E-state index contributed by atoms with van der Waals surface area (Å²) < 4.78 is 45.1. The average molecular weight is 374 g/mol. The molecule has 3 aromatic heterocycles. The molecule has 138 valence electrons. The third-order valence-corrected chi connectivity index (χ3v) is 4.18. The first kappa shape index (κ1) is 17.0. The molecule has 0 aliphatic rings. The second kappa shape index (κ2) is 6.08. The van der Waals surface area contributed by atoms with E-state index in [4.69, 9.17) is 10.2 Å². The highest BCUT2D eigenvalue weighted by Crippen LogP contribution is 2.31. The summed E-state index contributed by atoms with van der Waals surface area (Å²) in [5.74, 6) is 0.473. The zero-order chi connectivity index (χ0) is 19.2. The van der Waals surface area contributed by atoms with Gasteiger partial charge in [0.1, 0.15) is 5.69 Å². The number of rotatable bonds is 3. The fourth-order valence-corrected chi connectivity index (χ4v) is 2.78. The summed E-state index contributed by atoms with van der Waals surface area (Å²) >= 11 is 0. The summed E-state index contributed by atoms with van der Waals surface area (Å²) in [6, 6.07) is 7.85. The lowest BCUT2D eigenvalue weighted by Gasteiger charge is -2.14. The van der Waals surface area contributed by atoms with Crippen molar-refractivity contribution in [2.24, 2.45) is 0 Å². The van der Waals surface area contributed by atoms with Crippen molar-refractivity contribution in [3.8, 4) is 11.5 Å². The van der Waals surface area contributed by atoms with Crippen LogP contribution in [-0.2, 0) is 6.18 Å². The number of halogens is 3. The van der Waals surface area contributed by atoms with E-state index in [0.29, 0.717) is 28.2 Å². The number of anilines is 1. The van der Waals surface area contributed by atoms with Crippen LogP contribution in [0.1, 0.15) is 24.1 Å². The van der Waals surface area contributed by atoms with E-state index in [2.05, 4.69) is 20.3 Å². The molecule has 2 N–H and O–H groups in total. The van der Waals surface area contributed by atoms with Crippen molar-refractivity contribution in [3.05, 3.63) is 53.8 Å². The molecule has 0 saturated carbocycles. The van der Waals surface area contributed by atoms with E-state index in [1.54, 1.807) is 19.1 Å². The molecule has 0 bridgehead atoms. The molecule has 0 aliphatic carbocycles. The molecule has 1 aromatic carbocycles. The highest BCUT2D eigenvalue weighted by Gasteiger charge is 2.30. The minimum atomic E-state index is -4.39. The van der Waals surface area contributed by atoms with Gasteiger partial charge in [-0.1, -0.05) is 17.3 Å². The van der Waals surface area contributed by atoms with Crippen molar-refractivity contribution in [1.82, 2.24) is 25.0 Å². The molecule has 0 saturated heterocycles. The van der Waals surface area contributed by atoms with Crippen LogP contribution in [0.4, 0.5) is 19.1 Å². The van der Waals surface area contributed by atoms with Gasteiger partial charge in [0, 0.05) is 0 Å². The van der Waals surface area contributed by atoms with Crippen LogP contribution in [0.25, 0.3) is 22.6 Å². The molecule has 10 heteroatoms. The van der Waals surface area contributed by atoms with Crippen LogP contribution < -0.4 is 5.73 Å². The van der Waals surface area contributed by atoms with Gasteiger partial charge in [0.05, 0.1) is 17.9 Å². The van der Waals surface area contributed by atoms with E-state index in [-0.39, 0.29) is 5.95 Å². The number of nitrogens with zero attached hydrogens (tertiary/aromatic N) is 5.